The van der Waals surface area contributed by atoms with Crippen LogP contribution < -0.4 is 9.64 Å². The molecule has 0 radical (unpaired) electrons. The summed E-state index contributed by atoms with van der Waals surface area (Å²) in [6, 6.07) is 25.6. The molecule has 0 aliphatic carbocycles. The Kier molecular flexibility index (Phi) is 5.48. The highest BCUT2D eigenvalue weighted by atomic mass is 79.9. The van der Waals surface area contributed by atoms with Crippen LogP contribution in [0.4, 0.5) is 5.69 Å². The fourth-order valence-corrected chi connectivity index (χ4v) is 5.65. The highest BCUT2D eigenvalue weighted by Gasteiger charge is 2.63. The number of hydrogen-bond donors (Lipinski definition) is 0. The Morgan fingerprint density at radius 3 is 2.44 bits per heavy atom. The Balaban J connectivity index is 1.76. The minimum atomic E-state index is -1.46. The van der Waals surface area contributed by atoms with Crippen LogP contribution in [0.3, 0.4) is 0 Å². The van der Waals surface area contributed by atoms with Crippen molar-refractivity contribution in [1.29, 1.82) is 10.5 Å². The lowest BCUT2D eigenvalue weighted by atomic mass is 9.69. The number of fused-ring (bicyclic) bond motifs is 3. The van der Waals surface area contributed by atoms with Gasteiger partial charge in [-0.05, 0) is 53.6 Å². The first-order valence-corrected chi connectivity index (χ1v) is 11.6. The van der Waals surface area contributed by atoms with E-state index < -0.39 is 23.4 Å². The van der Waals surface area contributed by atoms with Crippen LogP contribution in [-0.4, -0.2) is 25.0 Å². The molecule has 0 saturated carbocycles. The predicted molar refractivity (Wildman–Crippen MR) is 133 cm³/mol. The average molecular weight is 510 g/mol. The molecule has 0 aromatic heterocycles. The fourth-order valence-electron chi connectivity index (χ4n) is 5.23. The highest BCUT2D eigenvalue weighted by molar-refractivity contribution is 9.10. The Morgan fingerprint density at radius 2 is 1.76 bits per heavy atom. The maximum absolute atomic E-state index is 14.2. The zero-order valence-electron chi connectivity index (χ0n) is 18.4. The van der Waals surface area contributed by atoms with Crippen LogP contribution in [-0.2, 0) is 0 Å². The number of nitriles is 2. The molecule has 5 rings (SSSR count). The van der Waals surface area contributed by atoms with Gasteiger partial charge >= 0.3 is 0 Å². The molecular weight excluding hydrogens is 490 g/mol. The maximum Gasteiger partial charge on any atom is 0.185 e. The summed E-state index contributed by atoms with van der Waals surface area (Å²) in [7, 11) is 1.58. The van der Waals surface area contributed by atoms with Gasteiger partial charge in [0.1, 0.15) is 11.8 Å². The molecule has 0 amide bonds. The third-order valence-electron chi connectivity index (χ3n) is 6.77. The van der Waals surface area contributed by atoms with E-state index in [1.165, 1.54) is 0 Å². The largest absolute Gasteiger partial charge is 0.497 e. The molecule has 3 aromatic rings. The molecule has 166 valence electrons. The molecule has 2 aliphatic rings. The zero-order valence-corrected chi connectivity index (χ0v) is 19.9. The number of anilines is 1. The van der Waals surface area contributed by atoms with E-state index in [-0.39, 0.29) is 5.78 Å². The number of benzene rings is 3. The third kappa shape index (κ3) is 3.22. The number of halogens is 1. The van der Waals surface area contributed by atoms with Crippen molar-refractivity contribution in [2.24, 2.45) is 5.41 Å². The minimum absolute atomic E-state index is 0.143. The van der Waals surface area contributed by atoms with Gasteiger partial charge in [-0.3, -0.25) is 4.79 Å². The molecular formula is C28H20BrN3O2. The number of ketones is 1. The second kappa shape index (κ2) is 8.48. The zero-order chi connectivity index (χ0) is 23.9. The van der Waals surface area contributed by atoms with Crippen molar-refractivity contribution in [3.63, 3.8) is 0 Å². The number of ether oxygens (including phenoxy) is 1. The fraction of sp³-hybridized carbons (Fsp3) is 0.179. The van der Waals surface area contributed by atoms with Crippen molar-refractivity contribution in [3.05, 3.63) is 100 Å². The van der Waals surface area contributed by atoms with Crippen LogP contribution in [0.1, 0.15) is 27.4 Å². The molecule has 2 aliphatic heterocycles. The number of methoxy groups -OCH3 is 1. The number of para-hydroxylation sites is 1. The van der Waals surface area contributed by atoms with Gasteiger partial charge in [0.15, 0.2) is 11.2 Å². The summed E-state index contributed by atoms with van der Waals surface area (Å²) in [6.07, 6.45) is 3.83. The molecule has 2 heterocycles. The van der Waals surface area contributed by atoms with Crippen LogP contribution >= 0.6 is 15.9 Å². The van der Waals surface area contributed by atoms with Crippen LogP contribution in [0.15, 0.2) is 83.3 Å². The van der Waals surface area contributed by atoms with Crippen molar-refractivity contribution in [2.75, 3.05) is 12.0 Å². The van der Waals surface area contributed by atoms with Gasteiger partial charge in [0.2, 0.25) is 0 Å². The lowest BCUT2D eigenvalue weighted by Crippen LogP contribution is -2.44. The molecule has 0 bridgehead atoms. The normalized spacial score (nSPS) is 21.6. The SMILES string of the molecule is COc1ccc(C(=O)[C@H]2[C@H](c3cccc(Br)c3)C(C#N)(C#N)[C@H]3C=Cc4ccccc4N23)cc1. The lowest BCUT2D eigenvalue weighted by Gasteiger charge is -2.35. The monoisotopic (exact) mass is 509 g/mol. The predicted octanol–water partition coefficient (Wildman–Crippen LogP) is 5.74. The molecule has 34 heavy (non-hydrogen) atoms. The van der Waals surface area contributed by atoms with Gasteiger partial charge in [-0.1, -0.05) is 58.4 Å². The first-order chi connectivity index (χ1) is 16.5. The van der Waals surface area contributed by atoms with Gasteiger partial charge in [0, 0.05) is 21.6 Å². The molecule has 1 saturated heterocycles. The van der Waals surface area contributed by atoms with Gasteiger partial charge in [0.05, 0.1) is 25.3 Å². The molecule has 0 spiro atoms. The number of carbonyl (C=O) groups excluding carboxylic acids is 1. The van der Waals surface area contributed by atoms with E-state index in [1.807, 2.05) is 65.6 Å². The van der Waals surface area contributed by atoms with E-state index in [0.717, 1.165) is 21.3 Å². The molecule has 3 atom stereocenters. The number of hydrogen-bond acceptors (Lipinski definition) is 5. The van der Waals surface area contributed by atoms with E-state index in [4.69, 9.17) is 4.74 Å². The molecule has 6 heteroatoms. The first-order valence-electron chi connectivity index (χ1n) is 10.9. The van der Waals surface area contributed by atoms with E-state index in [9.17, 15) is 15.3 Å². The molecule has 0 N–H and O–H groups in total. The molecule has 5 nitrogen and oxygen atoms in total. The van der Waals surface area contributed by atoms with E-state index in [0.29, 0.717) is 11.3 Å². The van der Waals surface area contributed by atoms with Crippen molar-refractivity contribution < 1.29 is 9.53 Å². The molecule has 3 aromatic carbocycles. The van der Waals surface area contributed by atoms with E-state index in [2.05, 4.69) is 28.1 Å². The second-order valence-corrected chi connectivity index (χ2v) is 9.35. The topological polar surface area (TPSA) is 77.1 Å². The van der Waals surface area contributed by atoms with Gasteiger partial charge < -0.3 is 9.64 Å². The number of nitrogens with zero attached hydrogens (tertiary/aromatic N) is 3. The quantitative estimate of drug-likeness (QED) is 0.419. The van der Waals surface area contributed by atoms with Gasteiger partial charge in [0.25, 0.3) is 0 Å². The van der Waals surface area contributed by atoms with Crippen LogP contribution in [0.5, 0.6) is 5.75 Å². The van der Waals surface area contributed by atoms with Crippen LogP contribution in [0.25, 0.3) is 6.08 Å². The Bertz CT molecular complexity index is 1370. The minimum Gasteiger partial charge on any atom is -0.497 e. The summed E-state index contributed by atoms with van der Waals surface area (Å²) in [5.41, 5.74) is 1.60. The summed E-state index contributed by atoms with van der Waals surface area (Å²) in [5.74, 6) is -0.162. The third-order valence-corrected chi connectivity index (χ3v) is 7.26. The first kappa shape index (κ1) is 21.9. The van der Waals surface area contributed by atoms with Crippen molar-refractivity contribution in [2.45, 2.75) is 18.0 Å². The lowest BCUT2D eigenvalue weighted by molar-refractivity contribution is 0.0951. The van der Waals surface area contributed by atoms with Gasteiger partial charge in [-0.25, -0.2) is 0 Å². The van der Waals surface area contributed by atoms with E-state index >= 15 is 0 Å². The van der Waals surface area contributed by atoms with Gasteiger partial charge in [-0.2, -0.15) is 10.5 Å². The number of rotatable bonds is 4. The summed E-state index contributed by atoms with van der Waals surface area (Å²) in [4.78, 5) is 16.1. The van der Waals surface area contributed by atoms with Crippen molar-refractivity contribution >= 4 is 33.5 Å². The standard InChI is InChI=1S/C28H20BrN3O2/c1-34-22-12-9-19(10-13-22)27(33)26-25(20-6-4-7-21(29)15-20)28(16-30,17-31)24-14-11-18-5-2-3-8-23(18)32(24)26/h2-15,24-26H,1H3/t24-,25+,26-/m1/s1. The summed E-state index contributed by atoms with van der Waals surface area (Å²) < 4.78 is 6.08. The van der Waals surface area contributed by atoms with E-state index in [1.54, 1.807) is 31.4 Å². The summed E-state index contributed by atoms with van der Waals surface area (Å²) in [5, 5.41) is 20.9. The Hall–Kier alpha value is -3.87. The number of Topliss-reactive ketones (excluding diaryl/α,β-unsaturated/α-hetero) is 1. The van der Waals surface area contributed by atoms with Gasteiger partial charge in [-0.15, -0.1) is 0 Å². The summed E-state index contributed by atoms with van der Waals surface area (Å²) >= 11 is 3.52. The number of carbonyl (C=O) groups is 1. The van der Waals surface area contributed by atoms with Crippen molar-refractivity contribution in [3.8, 4) is 17.9 Å². The molecule has 1 fully saturated rings. The highest BCUT2D eigenvalue weighted by Crippen LogP contribution is 2.55. The van der Waals surface area contributed by atoms with Crippen LogP contribution in [0.2, 0.25) is 0 Å². The molecule has 0 unspecified atom stereocenters. The Labute approximate surface area is 206 Å². The second-order valence-electron chi connectivity index (χ2n) is 8.43. The summed E-state index contributed by atoms with van der Waals surface area (Å²) in [6.45, 7) is 0. The Morgan fingerprint density at radius 1 is 1.03 bits per heavy atom. The maximum atomic E-state index is 14.2. The van der Waals surface area contributed by atoms with Crippen molar-refractivity contribution in [1.82, 2.24) is 0 Å². The smallest absolute Gasteiger partial charge is 0.185 e. The average Bonchev–Trinajstić information content (AvgIpc) is 3.19. The van der Waals surface area contributed by atoms with Crippen LogP contribution in [0, 0.1) is 28.1 Å².